The van der Waals surface area contributed by atoms with Crippen molar-refractivity contribution in [2.45, 2.75) is 13.3 Å². The molecule has 1 aliphatic rings. The summed E-state index contributed by atoms with van der Waals surface area (Å²) in [4.78, 5) is 25.1. The van der Waals surface area contributed by atoms with Gasteiger partial charge in [-0.15, -0.1) is 0 Å². The van der Waals surface area contributed by atoms with Crippen LogP contribution in [0.2, 0.25) is 0 Å². The van der Waals surface area contributed by atoms with Gasteiger partial charge >= 0.3 is 5.97 Å². The molecule has 0 bridgehead atoms. The fourth-order valence-corrected chi connectivity index (χ4v) is 2.59. The Morgan fingerprint density at radius 2 is 2.00 bits per heavy atom. The highest BCUT2D eigenvalue weighted by Crippen LogP contribution is 2.31. The third kappa shape index (κ3) is 3.57. The molecule has 0 saturated carbocycles. The molecular weight excluding hydrogens is 286 g/mol. The number of hydrogen-bond acceptors (Lipinski definition) is 4. The highest BCUT2D eigenvalue weighted by molar-refractivity contribution is 5.81. The number of likely N-dealkylation sites (tertiary alicyclic amines) is 1. The molecule has 1 unspecified atom stereocenters. The molecule has 0 radical (unpaired) electrons. The number of methoxy groups -OCH3 is 1. The molecule has 1 aromatic rings. The number of amides is 1. The van der Waals surface area contributed by atoms with Gasteiger partial charge in [-0.05, 0) is 25.5 Å². The molecule has 6 heteroatoms. The Morgan fingerprint density at radius 3 is 2.59 bits per heavy atom. The molecule has 1 amide bonds. The normalized spacial score (nSPS) is 20.9. The number of ether oxygens (including phenoxy) is 2. The van der Waals surface area contributed by atoms with Crippen LogP contribution in [0.5, 0.6) is 5.75 Å². The third-order valence-corrected chi connectivity index (χ3v) is 3.96. The second-order valence-corrected chi connectivity index (χ2v) is 5.69. The van der Waals surface area contributed by atoms with Crippen molar-refractivity contribution in [3.8, 4) is 5.75 Å². The van der Waals surface area contributed by atoms with Gasteiger partial charge in [0, 0.05) is 20.2 Å². The van der Waals surface area contributed by atoms with E-state index in [4.69, 9.17) is 9.47 Å². The largest absolute Gasteiger partial charge is 0.484 e. The third-order valence-electron chi connectivity index (χ3n) is 3.96. The van der Waals surface area contributed by atoms with E-state index >= 15 is 0 Å². The number of hydrogen-bond donors (Lipinski definition) is 1. The van der Waals surface area contributed by atoms with Crippen molar-refractivity contribution < 1.29 is 24.2 Å². The summed E-state index contributed by atoms with van der Waals surface area (Å²) in [6.45, 7) is 2.55. The minimum atomic E-state index is -1.01. The zero-order chi connectivity index (χ0) is 16.2. The van der Waals surface area contributed by atoms with Crippen molar-refractivity contribution in [2.24, 2.45) is 5.41 Å². The molecule has 1 aliphatic heterocycles. The van der Waals surface area contributed by atoms with E-state index < -0.39 is 11.4 Å². The number of aryl methyl sites for hydroxylation is 1. The van der Waals surface area contributed by atoms with Gasteiger partial charge in [-0.1, -0.05) is 17.7 Å². The van der Waals surface area contributed by atoms with E-state index in [9.17, 15) is 14.7 Å². The lowest BCUT2D eigenvalue weighted by Gasteiger charge is -2.23. The number of carboxylic acid groups (broad SMARTS) is 1. The van der Waals surface area contributed by atoms with Gasteiger partial charge in [0.15, 0.2) is 6.61 Å². The molecule has 0 spiro atoms. The Labute approximate surface area is 129 Å². The van der Waals surface area contributed by atoms with Gasteiger partial charge < -0.3 is 19.5 Å². The van der Waals surface area contributed by atoms with Crippen LogP contribution in [0.4, 0.5) is 0 Å². The summed E-state index contributed by atoms with van der Waals surface area (Å²) in [6.07, 6.45) is 0.395. The number of benzene rings is 1. The molecule has 1 saturated heterocycles. The lowest BCUT2D eigenvalue weighted by atomic mass is 9.88. The first kappa shape index (κ1) is 16.3. The first-order valence-corrected chi connectivity index (χ1v) is 7.16. The Bertz CT molecular complexity index is 542. The zero-order valence-electron chi connectivity index (χ0n) is 12.9. The topological polar surface area (TPSA) is 76.1 Å². The van der Waals surface area contributed by atoms with Gasteiger partial charge in [0.05, 0.1) is 6.61 Å². The minimum Gasteiger partial charge on any atom is -0.484 e. The van der Waals surface area contributed by atoms with Crippen LogP contribution in [-0.4, -0.2) is 55.3 Å². The molecule has 120 valence electrons. The van der Waals surface area contributed by atoms with E-state index in [1.807, 2.05) is 19.1 Å². The number of aliphatic carboxylic acids is 1. The van der Waals surface area contributed by atoms with E-state index in [1.54, 1.807) is 12.1 Å². The summed E-state index contributed by atoms with van der Waals surface area (Å²) in [5, 5.41) is 9.38. The van der Waals surface area contributed by atoms with Crippen LogP contribution in [0, 0.1) is 12.3 Å². The fourth-order valence-electron chi connectivity index (χ4n) is 2.59. The second-order valence-electron chi connectivity index (χ2n) is 5.69. The van der Waals surface area contributed by atoms with E-state index in [0.717, 1.165) is 5.56 Å². The number of rotatable bonds is 6. The highest BCUT2D eigenvalue weighted by atomic mass is 16.5. The minimum absolute atomic E-state index is 0.0915. The molecule has 1 aromatic carbocycles. The van der Waals surface area contributed by atoms with Crippen LogP contribution < -0.4 is 4.74 Å². The lowest BCUT2D eigenvalue weighted by Crippen LogP contribution is -2.41. The van der Waals surface area contributed by atoms with Gasteiger partial charge in [-0.3, -0.25) is 9.59 Å². The summed E-state index contributed by atoms with van der Waals surface area (Å²) in [5.74, 6) is -0.511. The fraction of sp³-hybridized carbons (Fsp3) is 0.500. The first-order chi connectivity index (χ1) is 10.5. The zero-order valence-corrected chi connectivity index (χ0v) is 12.9. The van der Waals surface area contributed by atoms with E-state index in [1.165, 1.54) is 12.0 Å². The van der Waals surface area contributed by atoms with Gasteiger partial charge in [0.2, 0.25) is 0 Å². The molecule has 2 rings (SSSR count). The van der Waals surface area contributed by atoms with Gasteiger partial charge in [-0.25, -0.2) is 0 Å². The Balaban J connectivity index is 1.91. The van der Waals surface area contributed by atoms with Crippen molar-refractivity contribution in [3.05, 3.63) is 29.8 Å². The maximum absolute atomic E-state index is 12.2. The summed E-state index contributed by atoms with van der Waals surface area (Å²) >= 11 is 0. The molecular formula is C16H21NO5. The van der Waals surface area contributed by atoms with Crippen molar-refractivity contribution >= 4 is 11.9 Å². The molecule has 1 heterocycles. The number of carbonyl (C=O) groups excluding carboxylic acids is 1. The first-order valence-electron chi connectivity index (χ1n) is 7.16. The molecule has 1 fully saturated rings. The van der Waals surface area contributed by atoms with Crippen molar-refractivity contribution in [2.75, 3.05) is 33.4 Å². The van der Waals surface area contributed by atoms with Crippen molar-refractivity contribution in [1.82, 2.24) is 4.90 Å². The predicted molar refractivity (Wildman–Crippen MR) is 79.8 cm³/mol. The van der Waals surface area contributed by atoms with E-state index in [-0.39, 0.29) is 25.7 Å². The highest BCUT2D eigenvalue weighted by Gasteiger charge is 2.46. The molecule has 1 atom stereocenters. The number of nitrogens with zero attached hydrogens (tertiary/aromatic N) is 1. The van der Waals surface area contributed by atoms with Crippen LogP contribution >= 0.6 is 0 Å². The molecule has 0 aromatic heterocycles. The lowest BCUT2D eigenvalue weighted by molar-refractivity contribution is -0.151. The summed E-state index contributed by atoms with van der Waals surface area (Å²) in [7, 11) is 1.47. The molecule has 6 nitrogen and oxygen atoms in total. The van der Waals surface area contributed by atoms with Gasteiger partial charge in [0.1, 0.15) is 11.2 Å². The average molecular weight is 307 g/mol. The van der Waals surface area contributed by atoms with Gasteiger partial charge in [-0.2, -0.15) is 0 Å². The Kier molecular flexibility index (Phi) is 5.03. The SMILES string of the molecule is COCC1(C(=O)O)CCN(C(=O)COc2ccc(C)cc2)C1. The number of carboxylic acids is 1. The Morgan fingerprint density at radius 1 is 1.32 bits per heavy atom. The van der Waals surface area contributed by atoms with Crippen molar-refractivity contribution in [3.63, 3.8) is 0 Å². The second kappa shape index (κ2) is 6.79. The van der Waals surface area contributed by atoms with E-state index in [0.29, 0.717) is 18.7 Å². The quantitative estimate of drug-likeness (QED) is 0.858. The standard InChI is InChI=1S/C16H21NO5/c1-12-3-5-13(6-4-12)22-9-14(18)17-8-7-16(10-17,11-21-2)15(19)20/h3-6H,7-11H2,1-2H3,(H,19,20). The van der Waals surface area contributed by atoms with Crippen LogP contribution in [0.3, 0.4) is 0 Å². The van der Waals surface area contributed by atoms with Crippen LogP contribution in [0.15, 0.2) is 24.3 Å². The van der Waals surface area contributed by atoms with E-state index in [2.05, 4.69) is 0 Å². The Hall–Kier alpha value is -2.08. The van der Waals surface area contributed by atoms with Crippen LogP contribution in [0.1, 0.15) is 12.0 Å². The summed E-state index contributed by atoms with van der Waals surface area (Å²) in [6, 6.07) is 7.42. The van der Waals surface area contributed by atoms with Gasteiger partial charge in [0.25, 0.3) is 5.91 Å². The predicted octanol–water partition coefficient (Wildman–Crippen LogP) is 1.32. The maximum atomic E-state index is 12.2. The van der Waals surface area contributed by atoms with Crippen LogP contribution in [-0.2, 0) is 14.3 Å². The monoisotopic (exact) mass is 307 g/mol. The average Bonchev–Trinajstić information content (AvgIpc) is 2.92. The molecule has 0 aliphatic carbocycles. The smallest absolute Gasteiger partial charge is 0.313 e. The maximum Gasteiger partial charge on any atom is 0.313 e. The molecule has 1 N–H and O–H groups in total. The van der Waals surface area contributed by atoms with Crippen LogP contribution in [0.25, 0.3) is 0 Å². The molecule has 22 heavy (non-hydrogen) atoms. The summed E-state index contributed by atoms with van der Waals surface area (Å²) in [5.41, 5.74) is 0.109. The summed E-state index contributed by atoms with van der Waals surface area (Å²) < 4.78 is 10.5. The number of carbonyl (C=O) groups is 2. The van der Waals surface area contributed by atoms with Crippen molar-refractivity contribution in [1.29, 1.82) is 0 Å².